The number of likely N-dealkylation sites (tertiary alicyclic amines) is 1. The van der Waals surface area contributed by atoms with E-state index in [1.54, 1.807) is 18.2 Å². The van der Waals surface area contributed by atoms with Crippen molar-refractivity contribution in [3.05, 3.63) is 46.2 Å². The van der Waals surface area contributed by atoms with Crippen LogP contribution in [0.4, 0.5) is 0 Å². The van der Waals surface area contributed by atoms with E-state index in [1.807, 2.05) is 11.0 Å². The van der Waals surface area contributed by atoms with E-state index in [9.17, 15) is 14.4 Å². The second-order valence-corrected chi connectivity index (χ2v) is 7.69. The number of fused-ring (bicyclic) bond motifs is 2. The first kappa shape index (κ1) is 17.8. The smallest absolute Gasteiger partial charge is 0.257 e. The molecule has 0 bridgehead atoms. The van der Waals surface area contributed by atoms with E-state index in [0.717, 1.165) is 25.4 Å². The van der Waals surface area contributed by atoms with Gasteiger partial charge in [0.2, 0.25) is 11.3 Å². The highest BCUT2D eigenvalue weighted by molar-refractivity contribution is 5.98. The summed E-state index contributed by atoms with van der Waals surface area (Å²) in [5, 5.41) is 3.09. The van der Waals surface area contributed by atoms with Gasteiger partial charge in [0.25, 0.3) is 5.91 Å². The average molecular weight is 367 g/mol. The molecule has 2 N–H and O–H groups in total. The highest BCUT2D eigenvalue weighted by Gasteiger charge is 2.32. The largest absolute Gasteiger partial charge is 0.360 e. The molecule has 1 saturated carbocycles. The Bertz CT molecular complexity index is 920. The first-order valence-electron chi connectivity index (χ1n) is 9.80. The van der Waals surface area contributed by atoms with Crippen LogP contribution in [-0.4, -0.2) is 41.3 Å². The maximum absolute atomic E-state index is 12.5. The topological polar surface area (TPSA) is 82.3 Å². The van der Waals surface area contributed by atoms with E-state index in [-0.39, 0.29) is 23.4 Å². The number of benzene rings is 1. The summed E-state index contributed by atoms with van der Waals surface area (Å²) in [7, 11) is 0. The molecule has 142 valence electrons. The highest BCUT2D eigenvalue weighted by atomic mass is 16.2. The Morgan fingerprint density at radius 1 is 1.11 bits per heavy atom. The van der Waals surface area contributed by atoms with Crippen molar-refractivity contribution >= 4 is 22.7 Å². The first-order chi connectivity index (χ1) is 13.1. The van der Waals surface area contributed by atoms with Crippen LogP contribution in [0.2, 0.25) is 0 Å². The lowest BCUT2D eigenvalue weighted by molar-refractivity contribution is -0.133. The van der Waals surface area contributed by atoms with Gasteiger partial charge in [-0.15, -0.1) is 0 Å². The van der Waals surface area contributed by atoms with Crippen LogP contribution in [0, 0.1) is 11.8 Å². The van der Waals surface area contributed by atoms with Crippen molar-refractivity contribution in [1.29, 1.82) is 0 Å². The van der Waals surface area contributed by atoms with Gasteiger partial charge in [-0.05, 0) is 36.8 Å². The number of pyridine rings is 1. The Kier molecular flexibility index (Phi) is 4.97. The second kappa shape index (κ2) is 7.55. The number of rotatable bonds is 3. The number of hydrogen-bond donors (Lipinski definition) is 2. The fraction of sp³-hybridized carbons (Fsp3) is 0.476. The average Bonchev–Trinajstić information content (AvgIpc) is 2.72. The van der Waals surface area contributed by atoms with Gasteiger partial charge in [-0.25, -0.2) is 0 Å². The zero-order valence-electron chi connectivity index (χ0n) is 15.4. The molecule has 1 aromatic heterocycles. The fourth-order valence-electron chi connectivity index (χ4n) is 4.53. The van der Waals surface area contributed by atoms with Crippen molar-refractivity contribution in [3.8, 4) is 0 Å². The van der Waals surface area contributed by atoms with Crippen LogP contribution >= 0.6 is 0 Å². The number of nitrogens with one attached hydrogen (secondary N) is 2. The van der Waals surface area contributed by atoms with Crippen molar-refractivity contribution < 1.29 is 9.59 Å². The predicted molar refractivity (Wildman–Crippen MR) is 104 cm³/mol. The summed E-state index contributed by atoms with van der Waals surface area (Å²) >= 11 is 0. The van der Waals surface area contributed by atoms with Crippen LogP contribution in [-0.2, 0) is 4.79 Å². The molecule has 1 aliphatic carbocycles. The van der Waals surface area contributed by atoms with Crippen molar-refractivity contribution in [2.75, 3.05) is 19.6 Å². The number of carbonyl (C=O) groups is 2. The van der Waals surface area contributed by atoms with Gasteiger partial charge in [-0.1, -0.05) is 31.4 Å². The van der Waals surface area contributed by atoms with E-state index >= 15 is 0 Å². The van der Waals surface area contributed by atoms with Crippen molar-refractivity contribution in [2.45, 2.75) is 32.1 Å². The second-order valence-electron chi connectivity index (χ2n) is 7.69. The molecule has 2 aromatic rings. The number of aromatic nitrogens is 1. The molecule has 2 fully saturated rings. The Hall–Kier alpha value is -2.63. The third-order valence-electron chi connectivity index (χ3n) is 6.08. The van der Waals surface area contributed by atoms with Gasteiger partial charge in [-0.3, -0.25) is 14.4 Å². The van der Waals surface area contributed by atoms with Gasteiger partial charge in [0.15, 0.2) is 0 Å². The molecular formula is C21H25N3O3. The number of aromatic amines is 1. The summed E-state index contributed by atoms with van der Waals surface area (Å²) in [5.41, 5.74) is 0.398. The molecule has 0 unspecified atom stereocenters. The quantitative estimate of drug-likeness (QED) is 0.873. The molecule has 4 rings (SSSR count). The van der Waals surface area contributed by atoms with Crippen molar-refractivity contribution in [2.24, 2.45) is 11.8 Å². The van der Waals surface area contributed by atoms with Crippen LogP contribution in [0.25, 0.3) is 10.9 Å². The number of H-pyrrole nitrogens is 1. The van der Waals surface area contributed by atoms with E-state index in [1.165, 1.54) is 31.9 Å². The van der Waals surface area contributed by atoms with Crippen LogP contribution in [0.3, 0.4) is 0 Å². The molecule has 1 aliphatic heterocycles. The SMILES string of the molecule is O=C(NCC(=O)N1CC[C@H]2CCCC[C@@H]2C1)c1c[nH]c2ccccc2c1=O. The first-order valence-corrected chi connectivity index (χ1v) is 9.80. The molecule has 27 heavy (non-hydrogen) atoms. The minimum atomic E-state index is -0.511. The van der Waals surface area contributed by atoms with Gasteiger partial charge >= 0.3 is 0 Å². The normalized spacial score (nSPS) is 22.3. The monoisotopic (exact) mass is 367 g/mol. The van der Waals surface area contributed by atoms with Gasteiger partial charge in [0.05, 0.1) is 6.54 Å². The lowest BCUT2D eigenvalue weighted by Crippen LogP contribution is -2.48. The molecule has 1 saturated heterocycles. The zero-order chi connectivity index (χ0) is 18.8. The molecule has 2 aliphatic rings. The highest BCUT2D eigenvalue weighted by Crippen LogP contribution is 2.35. The molecule has 0 radical (unpaired) electrons. The number of carbonyl (C=O) groups excluding carboxylic acids is 2. The summed E-state index contributed by atoms with van der Waals surface area (Å²) in [5.74, 6) is 0.788. The third-order valence-corrected chi connectivity index (χ3v) is 6.08. The lowest BCUT2D eigenvalue weighted by atomic mass is 9.75. The molecule has 2 atom stereocenters. The molecule has 1 aromatic carbocycles. The minimum Gasteiger partial charge on any atom is -0.360 e. The summed E-state index contributed by atoms with van der Waals surface area (Å²) in [4.78, 5) is 42.3. The zero-order valence-corrected chi connectivity index (χ0v) is 15.4. The van der Waals surface area contributed by atoms with Gasteiger partial charge in [-0.2, -0.15) is 0 Å². The molecule has 2 heterocycles. The standard InChI is InChI=1S/C21H25N3O3/c25-19(24-10-9-14-5-1-2-6-15(14)13-24)12-23-21(27)17-11-22-18-8-4-3-7-16(18)20(17)26/h3-4,7-8,11,14-15H,1-2,5-6,9-10,12-13H2,(H,22,26)(H,23,27)/t14-,15-/m1/s1. The number of amides is 2. The number of piperidine rings is 1. The van der Waals surface area contributed by atoms with Gasteiger partial charge in [0, 0.05) is 30.2 Å². The maximum atomic E-state index is 12.5. The Morgan fingerprint density at radius 3 is 2.74 bits per heavy atom. The Labute approximate surface area is 157 Å². The number of nitrogens with zero attached hydrogens (tertiary/aromatic N) is 1. The molecule has 6 heteroatoms. The number of hydrogen-bond acceptors (Lipinski definition) is 3. The summed E-state index contributed by atoms with van der Waals surface area (Å²) in [6, 6.07) is 7.06. The van der Waals surface area contributed by atoms with Gasteiger partial charge in [0.1, 0.15) is 5.56 Å². The Balaban J connectivity index is 1.38. The van der Waals surface area contributed by atoms with Crippen LogP contribution < -0.4 is 10.7 Å². The summed E-state index contributed by atoms with van der Waals surface area (Å²) < 4.78 is 0. The molecular weight excluding hydrogens is 342 g/mol. The van der Waals surface area contributed by atoms with E-state index in [2.05, 4.69) is 10.3 Å². The molecule has 6 nitrogen and oxygen atoms in total. The van der Waals surface area contributed by atoms with E-state index in [4.69, 9.17) is 0 Å². The summed E-state index contributed by atoms with van der Waals surface area (Å²) in [6.07, 6.45) is 7.53. The fourth-order valence-corrected chi connectivity index (χ4v) is 4.53. The number of para-hydroxylation sites is 1. The maximum Gasteiger partial charge on any atom is 0.257 e. The summed E-state index contributed by atoms with van der Waals surface area (Å²) in [6.45, 7) is 1.50. The van der Waals surface area contributed by atoms with Crippen LogP contribution in [0.5, 0.6) is 0 Å². The van der Waals surface area contributed by atoms with E-state index < -0.39 is 5.91 Å². The van der Waals surface area contributed by atoms with Crippen LogP contribution in [0.1, 0.15) is 42.5 Å². The lowest BCUT2D eigenvalue weighted by Gasteiger charge is -2.41. The Morgan fingerprint density at radius 2 is 1.89 bits per heavy atom. The predicted octanol–water partition coefficient (Wildman–Crippen LogP) is 2.30. The molecule has 2 amide bonds. The van der Waals surface area contributed by atoms with Gasteiger partial charge < -0.3 is 15.2 Å². The van der Waals surface area contributed by atoms with Crippen molar-refractivity contribution in [1.82, 2.24) is 15.2 Å². The molecule has 0 spiro atoms. The van der Waals surface area contributed by atoms with Crippen LogP contribution in [0.15, 0.2) is 35.3 Å². The minimum absolute atomic E-state index is 0.0347. The van der Waals surface area contributed by atoms with Crippen molar-refractivity contribution in [3.63, 3.8) is 0 Å². The van der Waals surface area contributed by atoms with E-state index in [0.29, 0.717) is 16.8 Å². The third kappa shape index (κ3) is 3.61.